The molecule has 0 aliphatic heterocycles. The molecule has 0 amide bonds. The lowest BCUT2D eigenvalue weighted by Crippen LogP contribution is -1.83. The summed E-state index contributed by atoms with van der Waals surface area (Å²) >= 11 is 0. The molecule has 106 valence electrons. The van der Waals surface area contributed by atoms with Gasteiger partial charge in [-0.3, -0.25) is 0 Å². The van der Waals surface area contributed by atoms with Crippen molar-refractivity contribution in [1.82, 2.24) is 0 Å². The van der Waals surface area contributed by atoms with Crippen LogP contribution in [0.25, 0.3) is 32.7 Å². The maximum Gasteiger partial charge on any atom is 0.119 e. The first-order valence-corrected chi connectivity index (χ1v) is 7.16. The third kappa shape index (κ3) is 2.06. The third-order valence-corrected chi connectivity index (χ3v) is 3.96. The zero-order valence-electron chi connectivity index (χ0n) is 11.8. The molecule has 0 saturated heterocycles. The minimum atomic E-state index is 0.0628. The van der Waals surface area contributed by atoms with Crippen LogP contribution in [-0.4, -0.2) is 10.2 Å². The maximum atomic E-state index is 9.74. The highest BCUT2D eigenvalue weighted by Gasteiger charge is 2.07. The van der Waals surface area contributed by atoms with E-state index in [1.54, 1.807) is 12.1 Å². The maximum absolute atomic E-state index is 9.74. The Labute approximate surface area is 127 Å². The van der Waals surface area contributed by atoms with Crippen LogP contribution in [0, 0.1) is 0 Å². The summed E-state index contributed by atoms with van der Waals surface area (Å²) < 4.78 is 0. The molecular weight excluding hydrogens is 272 g/mol. The van der Waals surface area contributed by atoms with Crippen LogP contribution in [0.15, 0.2) is 72.8 Å². The summed E-state index contributed by atoms with van der Waals surface area (Å²) in [4.78, 5) is 0. The Morgan fingerprint density at radius 2 is 1.18 bits per heavy atom. The minimum Gasteiger partial charge on any atom is -0.508 e. The molecule has 0 heterocycles. The number of hydrogen-bond donors (Lipinski definition) is 2. The second-order valence-electron chi connectivity index (χ2n) is 5.46. The van der Waals surface area contributed by atoms with Gasteiger partial charge in [0.25, 0.3) is 0 Å². The van der Waals surface area contributed by atoms with Crippen LogP contribution in [0.2, 0.25) is 0 Å². The molecule has 2 heteroatoms. The van der Waals surface area contributed by atoms with Crippen LogP contribution in [0.3, 0.4) is 0 Å². The molecule has 0 aliphatic rings. The average Bonchev–Trinajstić information content (AvgIpc) is 2.51. The highest BCUT2D eigenvalue weighted by atomic mass is 16.3. The minimum absolute atomic E-state index is 0.0628. The van der Waals surface area contributed by atoms with Crippen molar-refractivity contribution in [3.05, 3.63) is 72.8 Å². The van der Waals surface area contributed by atoms with Gasteiger partial charge in [-0.1, -0.05) is 42.5 Å². The Bertz CT molecular complexity index is 983. The van der Waals surface area contributed by atoms with Crippen molar-refractivity contribution in [3.63, 3.8) is 0 Å². The van der Waals surface area contributed by atoms with Crippen LogP contribution in [0.4, 0.5) is 0 Å². The lowest BCUT2D eigenvalue weighted by Gasteiger charge is -2.10. The molecule has 22 heavy (non-hydrogen) atoms. The molecule has 0 unspecified atom stereocenters. The van der Waals surface area contributed by atoms with Gasteiger partial charge in [-0.2, -0.15) is 0 Å². The molecule has 0 aliphatic carbocycles. The van der Waals surface area contributed by atoms with Gasteiger partial charge in [-0.25, -0.2) is 0 Å². The number of phenolic OH excluding ortho intramolecular Hbond substituents is 2. The predicted octanol–water partition coefficient (Wildman–Crippen LogP) is 5.07. The molecular formula is C20H14O2. The molecule has 0 aromatic heterocycles. The fourth-order valence-corrected chi connectivity index (χ4v) is 2.97. The van der Waals surface area contributed by atoms with E-state index >= 15 is 0 Å². The van der Waals surface area contributed by atoms with Crippen molar-refractivity contribution >= 4 is 21.5 Å². The highest BCUT2D eigenvalue weighted by Crippen LogP contribution is 2.35. The molecule has 0 atom stereocenters. The number of benzene rings is 4. The van der Waals surface area contributed by atoms with Crippen molar-refractivity contribution in [2.75, 3.05) is 0 Å². The molecule has 4 aromatic carbocycles. The first kappa shape index (κ1) is 12.7. The van der Waals surface area contributed by atoms with E-state index in [1.807, 2.05) is 24.3 Å². The fraction of sp³-hybridized carbons (Fsp3) is 0. The molecule has 4 rings (SSSR count). The standard InChI is InChI=1S/C20H14O2/c21-17-9-16(10-18(22)12-17)19-7-3-6-15-8-13-4-1-2-5-14(13)11-20(15)19/h1-12,21-22H. The second kappa shape index (κ2) is 4.78. The van der Waals surface area contributed by atoms with Gasteiger partial charge < -0.3 is 10.2 Å². The smallest absolute Gasteiger partial charge is 0.119 e. The fourth-order valence-electron chi connectivity index (χ4n) is 2.97. The van der Waals surface area contributed by atoms with E-state index in [4.69, 9.17) is 0 Å². The number of fused-ring (bicyclic) bond motifs is 2. The molecule has 0 bridgehead atoms. The van der Waals surface area contributed by atoms with Gasteiger partial charge in [-0.15, -0.1) is 0 Å². The SMILES string of the molecule is Oc1cc(O)cc(-c2cccc3cc4ccccc4cc23)c1. The highest BCUT2D eigenvalue weighted by molar-refractivity contribution is 6.05. The Kier molecular flexibility index (Phi) is 2.76. The molecule has 2 nitrogen and oxygen atoms in total. The largest absolute Gasteiger partial charge is 0.508 e. The van der Waals surface area contributed by atoms with Gasteiger partial charge in [0.1, 0.15) is 11.5 Å². The van der Waals surface area contributed by atoms with Crippen molar-refractivity contribution < 1.29 is 10.2 Å². The first-order valence-electron chi connectivity index (χ1n) is 7.16. The lowest BCUT2D eigenvalue weighted by molar-refractivity contribution is 0.451. The number of rotatable bonds is 1. The van der Waals surface area contributed by atoms with Crippen molar-refractivity contribution in [2.45, 2.75) is 0 Å². The van der Waals surface area contributed by atoms with Crippen molar-refractivity contribution in [1.29, 1.82) is 0 Å². The molecule has 0 spiro atoms. The van der Waals surface area contributed by atoms with Gasteiger partial charge in [0, 0.05) is 6.07 Å². The average molecular weight is 286 g/mol. The summed E-state index contributed by atoms with van der Waals surface area (Å²) in [6, 6.07) is 23.3. The quantitative estimate of drug-likeness (QED) is 0.479. The zero-order chi connectivity index (χ0) is 15.1. The summed E-state index contributed by atoms with van der Waals surface area (Å²) in [6.07, 6.45) is 0. The second-order valence-corrected chi connectivity index (χ2v) is 5.46. The van der Waals surface area contributed by atoms with Gasteiger partial charge in [0.2, 0.25) is 0 Å². The monoisotopic (exact) mass is 286 g/mol. The van der Waals surface area contributed by atoms with E-state index in [0.717, 1.165) is 21.9 Å². The Balaban J connectivity index is 2.07. The van der Waals surface area contributed by atoms with Crippen LogP contribution in [-0.2, 0) is 0 Å². The van der Waals surface area contributed by atoms with Gasteiger partial charge in [0.05, 0.1) is 0 Å². The van der Waals surface area contributed by atoms with E-state index in [2.05, 4.69) is 30.3 Å². The Hall–Kier alpha value is -3.00. The summed E-state index contributed by atoms with van der Waals surface area (Å²) in [6.45, 7) is 0. The molecule has 0 radical (unpaired) electrons. The Morgan fingerprint density at radius 3 is 1.91 bits per heavy atom. The molecule has 0 saturated carbocycles. The summed E-state index contributed by atoms with van der Waals surface area (Å²) in [5.41, 5.74) is 1.80. The third-order valence-electron chi connectivity index (χ3n) is 3.96. The van der Waals surface area contributed by atoms with E-state index in [0.29, 0.717) is 0 Å². The Morgan fingerprint density at radius 1 is 0.545 bits per heavy atom. The first-order chi connectivity index (χ1) is 10.7. The summed E-state index contributed by atoms with van der Waals surface area (Å²) in [5.74, 6) is 0.126. The number of hydrogen-bond acceptors (Lipinski definition) is 2. The predicted molar refractivity (Wildman–Crippen MR) is 90.2 cm³/mol. The molecule has 4 aromatic rings. The summed E-state index contributed by atoms with van der Waals surface area (Å²) in [7, 11) is 0. The van der Waals surface area contributed by atoms with Crippen LogP contribution < -0.4 is 0 Å². The summed E-state index contributed by atoms with van der Waals surface area (Å²) in [5, 5.41) is 24.1. The van der Waals surface area contributed by atoms with Crippen LogP contribution in [0.5, 0.6) is 11.5 Å². The van der Waals surface area contributed by atoms with Gasteiger partial charge in [-0.05, 0) is 56.9 Å². The normalized spacial score (nSPS) is 11.1. The number of aromatic hydroxyl groups is 2. The van der Waals surface area contributed by atoms with Crippen molar-refractivity contribution in [2.24, 2.45) is 0 Å². The van der Waals surface area contributed by atoms with E-state index < -0.39 is 0 Å². The van der Waals surface area contributed by atoms with E-state index in [-0.39, 0.29) is 11.5 Å². The van der Waals surface area contributed by atoms with Gasteiger partial charge in [0.15, 0.2) is 0 Å². The van der Waals surface area contributed by atoms with Crippen LogP contribution in [0.1, 0.15) is 0 Å². The van der Waals surface area contributed by atoms with Crippen molar-refractivity contribution in [3.8, 4) is 22.6 Å². The van der Waals surface area contributed by atoms with Crippen LogP contribution >= 0.6 is 0 Å². The van der Waals surface area contributed by atoms with E-state index in [9.17, 15) is 10.2 Å². The topological polar surface area (TPSA) is 40.5 Å². The zero-order valence-corrected chi connectivity index (χ0v) is 11.8. The lowest BCUT2D eigenvalue weighted by atomic mass is 9.95. The molecule has 0 fully saturated rings. The van der Waals surface area contributed by atoms with E-state index in [1.165, 1.54) is 16.8 Å². The van der Waals surface area contributed by atoms with Gasteiger partial charge >= 0.3 is 0 Å². The number of phenols is 2. The molecule has 2 N–H and O–H groups in total.